The second kappa shape index (κ2) is 6.56. The molecular weight excluding hydrogens is 180 g/mol. The number of carbonyl (C=O) groups excluding carboxylic acids is 1. The number of carboxylic acids is 1. The van der Waals surface area contributed by atoms with Crippen molar-refractivity contribution in [3.05, 3.63) is 12.2 Å². The monoisotopic (exact) mass is 199 g/mol. The Bertz CT molecular complexity index is 202. The maximum absolute atomic E-state index is 10.3. The average Bonchev–Trinajstić information content (AvgIpc) is 2.10. The largest absolute Gasteiger partial charge is 0.545 e. The molecular formula is C10H19N2O2-. The van der Waals surface area contributed by atoms with Gasteiger partial charge in [0.1, 0.15) is 0 Å². The summed E-state index contributed by atoms with van der Waals surface area (Å²) in [5, 5.41) is 10.3. The van der Waals surface area contributed by atoms with Crippen molar-refractivity contribution in [2.75, 3.05) is 40.8 Å². The number of aliphatic carboxylic acids is 1. The van der Waals surface area contributed by atoms with E-state index in [9.17, 15) is 9.90 Å². The highest BCUT2D eigenvalue weighted by Crippen LogP contribution is 1.97. The molecule has 0 aliphatic heterocycles. The number of hydrogen-bond acceptors (Lipinski definition) is 4. The molecule has 14 heavy (non-hydrogen) atoms. The molecule has 0 unspecified atom stereocenters. The highest BCUT2D eigenvalue weighted by molar-refractivity contribution is 5.83. The molecule has 0 aromatic carbocycles. The van der Waals surface area contributed by atoms with Gasteiger partial charge in [0, 0.05) is 19.6 Å². The lowest BCUT2D eigenvalue weighted by atomic mass is 10.2. The summed E-state index contributed by atoms with van der Waals surface area (Å²) in [5.74, 6) is -1.15. The first-order chi connectivity index (χ1) is 6.43. The van der Waals surface area contributed by atoms with Crippen LogP contribution in [0.1, 0.15) is 6.42 Å². The normalized spacial score (nSPS) is 10.9. The van der Waals surface area contributed by atoms with Gasteiger partial charge in [-0.05, 0) is 33.1 Å². The van der Waals surface area contributed by atoms with E-state index in [1.807, 2.05) is 21.1 Å². The highest BCUT2D eigenvalue weighted by atomic mass is 16.4. The van der Waals surface area contributed by atoms with E-state index in [-0.39, 0.29) is 5.57 Å². The second-order valence-electron chi connectivity index (χ2n) is 3.75. The third-order valence-corrected chi connectivity index (χ3v) is 2.01. The minimum atomic E-state index is -1.15. The quantitative estimate of drug-likeness (QED) is 0.502. The van der Waals surface area contributed by atoms with E-state index < -0.39 is 5.97 Å². The number of carbonyl (C=O) groups is 1. The molecule has 0 N–H and O–H groups in total. The molecule has 4 heteroatoms. The van der Waals surface area contributed by atoms with Gasteiger partial charge < -0.3 is 19.7 Å². The van der Waals surface area contributed by atoms with Gasteiger partial charge in [0.05, 0.1) is 5.97 Å². The zero-order chi connectivity index (χ0) is 11.1. The summed E-state index contributed by atoms with van der Waals surface area (Å²) < 4.78 is 0. The molecule has 0 atom stereocenters. The van der Waals surface area contributed by atoms with Crippen molar-refractivity contribution in [3.63, 3.8) is 0 Å². The minimum Gasteiger partial charge on any atom is -0.545 e. The Kier molecular flexibility index (Phi) is 6.16. The summed E-state index contributed by atoms with van der Waals surface area (Å²) in [6.45, 7) is 6.02. The van der Waals surface area contributed by atoms with Crippen molar-refractivity contribution < 1.29 is 9.90 Å². The molecule has 0 heterocycles. The summed E-state index contributed by atoms with van der Waals surface area (Å²) >= 11 is 0. The molecule has 0 bridgehead atoms. The molecule has 0 spiro atoms. The first-order valence-electron chi connectivity index (χ1n) is 4.66. The zero-order valence-corrected chi connectivity index (χ0v) is 9.25. The van der Waals surface area contributed by atoms with E-state index >= 15 is 0 Å². The van der Waals surface area contributed by atoms with Gasteiger partial charge in [-0.2, -0.15) is 0 Å². The van der Waals surface area contributed by atoms with Gasteiger partial charge in [0.25, 0.3) is 0 Å². The third kappa shape index (κ3) is 6.62. The molecule has 0 aliphatic rings. The van der Waals surface area contributed by atoms with Gasteiger partial charge in [-0.1, -0.05) is 6.58 Å². The van der Waals surface area contributed by atoms with Crippen LogP contribution in [0.2, 0.25) is 0 Å². The van der Waals surface area contributed by atoms with E-state index in [0.717, 1.165) is 13.1 Å². The summed E-state index contributed by atoms with van der Waals surface area (Å²) in [6.07, 6.45) is 0.465. The van der Waals surface area contributed by atoms with E-state index in [4.69, 9.17) is 0 Å². The fourth-order valence-corrected chi connectivity index (χ4v) is 0.910. The molecule has 0 aromatic rings. The Hall–Kier alpha value is -0.870. The predicted molar refractivity (Wildman–Crippen MR) is 54.8 cm³/mol. The van der Waals surface area contributed by atoms with Crippen LogP contribution in [-0.4, -0.2) is 56.5 Å². The van der Waals surface area contributed by atoms with Crippen LogP contribution >= 0.6 is 0 Å². The third-order valence-electron chi connectivity index (χ3n) is 2.01. The van der Waals surface area contributed by atoms with Crippen LogP contribution in [-0.2, 0) is 4.79 Å². The van der Waals surface area contributed by atoms with Gasteiger partial charge in [-0.25, -0.2) is 0 Å². The van der Waals surface area contributed by atoms with E-state index in [0.29, 0.717) is 13.0 Å². The minimum absolute atomic E-state index is 0.168. The van der Waals surface area contributed by atoms with E-state index in [2.05, 4.69) is 16.4 Å². The fourth-order valence-electron chi connectivity index (χ4n) is 0.910. The molecule has 4 nitrogen and oxygen atoms in total. The van der Waals surface area contributed by atoms with Gasteiger partial charge in [0.15, 0.2) is 0 Å². The second-order valence-corrected chi connectivity index (χ2v) is 3.75. The lowest BCUT2D eigenvalue weighted by Crippen LogP contribution is -2.31. The van der Waals surface area contributed by atoms with Gasteiger partial charge in [0.2, 0.25) is 0 Å². The van der Waals surface area contributed by atoms with E-state index in [1.165, 1.54) is 0 Å². The summed E-state index contributed by atoms with van der Waals surface area (Å²) in [7, 11) is 5.98. The Morgan fingerprint density at radius 1 is 1.21 bits per heavy atom. The fraction of sp³-hybridized carbons (Fsp3) is 0.700. The molecule has 0 aromatic heterocycles. The Morgan fingerprint density at radius 3 is 2.21 bits per heavy atom. The first kappa shape index (κ1) is 13.1. The molecule has 0 saturated carbocycles. The van der Waals surface area contributed by atoms with Crippen LogP contribution < -0.4 is 5.11 Å². The van der Waals surface area contributed by atoms with E-state index in [1.54, 1.807) is 0 Å². The highest BCUT2D eigenvalue weighted by Gasteiger charge is 2.01. The van der Waals surface area contributed by atoms with Crippen LogP contribution in [0.4, 0.5) is 0 Å². The SMILES string of the molecule is C=C(CCN(C)CCN(C)C)C(=O)[O-]. The maximum Gasteiger partial charge on any atom is 0.0669 e. The molecule has 82 valence electrons. The summed E-state index contributed by atoms with van der Waals surface area (Å²) in [5.41, 5.74) is 0.168. The van der Waals surface area contributed by atoms with Crippen LogP contribution in [0.5, 0.6) is 0 Å². The van der Waals surface area contributed by atoms with Crippen molar-refractivity contribution >= 4 is 5.97 Å². The smallest absolute Gasteiger partial charge is 0.0669 e. The molecule has 0 amide bonds. The van der Waals surface area contributed by atoms with Crippen LogP contribution in [0.15, 0.2) is 12.2 Å². The Balaban J connectivity index is 3.58. The van der Waals surface area contributed by atoms with Gasteiger partial charge in [-0.15, -0.1) is 0 Å². The lowest BCUT2D eigenvalue weighted by molar-refractivity contribution is -0.299. The van der Waals surface area contributed by atoms with Crippen molar-refractivity contribution in [1.29, 1.82) is 0 Å². The Morgan fingerprint density at radius 2 is 1.79 bits per heavy atom. The summed E-state index contributed by atoms with van der Waals surface area (Å²) in [6, 6.07) is 0. The molecule has 0 rings (SSSR count). The summed E-state index contributed by atoms with van der Waals surface area (Å²) in [4.78, 5) is 14.5. The molecule has 0 fully saturated rings. The molecule has 0 radical (unpaired) electrons. The maximum atomic E-state index is 10.3. The number of likely N-dealkylation sites (N-methyl/N-ethyl adjacent to an activating group) is 2. The Labute approximate surface area is 85.8 Å². The average molecular weight is 199 g/mol. The lowest BCUT2D eigenvalue weighted by Gasteiger charge is -2.19. The van der Waals surface area contributed by atoms with Gasteiger partial charge >= 0.3 is 0 Å². The van der Waals surface area contributed by atoms with Crippen molar-refractivity contribution in [2.45, 2.75) is 6.42 Å². The standard InChI is InChI=1S/C10H20N2O2/c1-9(10(13)14)5-6-12(4)8-7-11(2)3/h1,5-8H2,2-4H3,(H,13,14)/p-1. The number of nitrogens with zero attached hydrogens (tertiary/aromatic N) is 2. The van der Waals surface area contributed by atoms with Crippen molar-refractivity contribution in [2.24, 2.45) is 0 Å². The van der Waals surface area contributed by atoms with Crippen LogP contribution in [0.25, 0.3) is 0 Å². The molecule has 0 saturated heterocycles. The van der Waals surface area contributed by atoms with Crippen LogP contribution in [0, 0.1) is 0 Å². The topological polar surface area (TPSA) is 46.6 Å². The van der Waals surface area contributed by atoms with Crippen LogP contribution in [0.3, 0.4) is 0 Å². The predicted octanol–water partition coefficient (Wildman–Crippen LogP) is -0.824. The van der Waals surface area contributed by atoms with Gasteiger partial charge in [-0.3, -0.25) is 0 Å². The number of carboxylic acid groups (broad SMARTS) is 1. The van der Waals surface area contributed by atoms with Crippen molar-refractivity contribution in [3.8, 4) is 0 Å². The zero-order valence-electron chi connectivity index (χ0n) is 9.25. The van der Waals surface area contributed by atoms with Crippen molar-refractivity contribution in [1.82, 2.24) is 9.80 Å². The number of rotatable bonds is 7. The first-order valence-corrected chi connectivity index (χ1v) is 4.66. The molecule has 0 aliphatic carbocycles. The number of hydrogen-bond donors (Lipinski definition) is 0.